The molecule has 0 bridgehead atoms. The number of hydrogen-bond acceptors (Lipinski definition) is 5. The van der Waals surface area contributed by atoms with Gasteiger partial charge in [-0.2, -0.15) is 0 Å². The van der Waals surface area contributed by atoms with E-state index in [1.54, 1.807) is 12.3 Å². The zero-order chi connectivity index (χ0) is 13.2. The number of rotatable bonds is 2. The fourth-order valence-electron chi connectivity index (χ4n) is 3.00. The summed E-state index contributed by atoms with van der Waals surface area (Å²) in [5, 5.41) is 11.8. The Labute approximate surface area is 111 Å². The molecule has 2 aliphatic rings. The van der Waals surface area contributed by atoms with Crippen molar-refractivity contribution in [3.63, 3.8) is 0 Å². The SMILES string of the molecule is NC(=NO)c1ccnc(N2CCOC3CCCC32)c1. The number of pyridine rings is 1. The van der Waals surface area contributed by atoms with Crippen LogP contribution >= 0.6 is 0 Å². The zero-order valence-corrected chi connectivity index (χ0v) is 10.7. The van der Waals surface area contributed by atoms with Crippen LogP contribution in [0.3, 0.4) is 0 Å². The first-order chi connectivity index (χ1) is 9.29. The first-order valence-electron chi connectivity index (χ1n) is 6.62. The Morgan fingerprint density at radius 1 is 1.53 bits per heavy atom. The van der Waals surface area contributed by atoms with Crippen LogP contribution in [0.1, 0.15) is 24.8 Å². The van der Waals surface area contributed by atoms with E-state index in [1.807, 2.05) is 6.07 Å². The summed E-state index contributed by atoms with van der Waals surface area (Å²) >= 11 is 0. The van der Waals surface area contributed by atoms with Gasteiger partial charge in [0.05, 0.1) is 18.8 Å². The van der Waals surface area contributed by atoms with Gasteiger partial charge in [-0.05, 0) is 31.4 Å². The van der Waals surface area contributed by atoms with Crippen molar-refractivity contribution >= 4 is 11.7 Å². The van der Waals surface area contributed by atoms with E-state index in [2.05, 4.69) is 15.0 Å². The molecule has 0 radical (unpaired) electrons. The van der Waals surface area contributed by atoms with Crippen molar-refractivity contribution in [2.75, 3.05) is 18.1 Å². The molecule has 1 aromatic rings. The summed E-state index contributed by atoms with van der Waals surface area (Å²) in [6, 6.07) is 4.02. The molecule has 1 aliphatic carbocycles. The maximum Gasteiger partial charge on any atom is 0.170 e. The molecule has 3 rings (SSSR count). The lowest BCUT2D eigenvalue weighted by molar-refractivity contribution is 0.0253. The van der Waals surface area contributed by atoms with Crippen molar-refractivity contribution in [1.82, 2.24) is 4.98 Å². The highest BCUT2D eigenvalue weighted by atomic mass is 16.5. The molecule has 0 amide bonds. The molecule has 6 heteroatoms. The summed E-state index contributed by atoms with van der Waals surface area (Å²) in [5.74, 6) is 0.990. The molecule has 2 unspecified atom stereocenters. The van der Waals surface area contributed by atoms with Gasteiger partial charge < -0.3 is 20.6 Å². The Morgan fingerprint density at radius 2 is 2.42 bits per heavy atom. The van der Waals surface area contributed by atoms with Gasteiger partial charge in [-0.3, -0.25) is 0 Å². The van der Waals surface area contributed by atoms with E-state index in [0.29, 0.717) is 17.7 Å². The van der Waals surface area contributed by atoms with E-state index in [-0.39, 0.29) is 5.84 Å². The van der Waals surface area contributed by atoms with Crippen LogP contribution < -0.4 is 10.6 Å². The third kappa shape index (κ3) is 2.23. The van der Waals surface area contributed by atoms with Crippen LogP contribution in [0, 0.1) is 0 Å². The van der Waals surface area contributed by atoms with Crippen LogP contribution in [-0.2, 0) is 4.74 Å². The number of hydrogen-bond donors (Lipinski definition) is 2. The molecule has 1 aliphatic heterocycles. The van der Waals surface area contributed by atoms with E-state index in [0.717, 1.165) is 31.8 Å². The fourth-order valence-corrected chi connectivity index (χ4v) is 3.00. The molecule has 3 N–H and O–H groups in total. The summed E-state index contributed by atoms with van der Waals surface area (Å²) in [4.78, 5) is 6.71. The summed E-state index contributed by atoms with van der Waals surface area (Å²) in [7, 11) is 0. The normalized spacial score (nSPS) is 27.4. The first-order valence-corrected chi connectivity index (χ1v) is 6.62. The fraction of sp³-hybridized carbons (Fsp3) is 0.538. The summed E-state index contributed by atoms with van der Waals surface area (Å²) in [5.41, 5.74) is 6.32. The third-order valence-electron chi connectivity index (χ3n) is 3.93. The van der Waals surface area contributed by atoms with Crippen LogP contribution in [0.25, 0.3) is 0 Å². The second kappa shape index (κ2) is 5.05. The van der Waals surface area contributed by atoms with Gasteiger partial charge >= 0.3 is 0 Å². The second-order valence-electron chi connectivity index (χ2n) is 4.99. The number of anilines is 1. The summed E-state index contributed by atoms with van der Waals surface area (Å²) in [6.07, 6.45) is 5.48. The van der Waals surface area contributed by atoms with E-state index in [9.17, 15) is 0 Å². The quantitative estimate of drug-likeness (QED) is 0.358. The minimum atomic E-state index is 0.111. The Hall–Kier alpha value is -1.82. The number of nitrogens with two attached hydrogens (primary N) is 1. The van der Waals surface area contributed by atoms with Gasteiger partial charge in [-0.1, -0.05) is 5.16 Å². The Morgan fingerprint density at radius 3 is 3.26 bits per heavy atom. The zero-order valence-electron chi connectivity index (χ0n) is 10.7. The van der Waals surface area contributed by atoms with Gasteiger partial charge in [0.15, 0.2) is 5.84 Å². The van der Waals surface area contributed by atoms with Crippen LogP contribution in [0.5, 0.6) is 0 Å². The van der Waals surface area contributed by atoms with Gasteiger partial charge in [-0.15, -0.1) is 0 Å². The number of aromatic nitrogens is 1. The molecule has 2 fully saturated rings. The predicted octanol–water partition coefficient (Wildman–Crippen LogP) is 0.934. The molecule has 1 saturated carbocycles. The van der Waals surface area contributed by atoms with Crippen molar-refractivity contribution in [3.8, 4) is 0 Å². The number of nitrogens with zero attached hydrogens (tertiary/aromatic N) is 3. The monoisotopic (exact) mass is 262 g/mol. The number of amidine groups is 1. The van der Waals surface area contributed by atoms with Crippen molar-refractivity contribution < 1.29 is 9.94 Å². The molecule has 2 heterocycles. The lowest BCUT2D eigenvalue weighted by atomic mass is 10.1. The van der Waals surface area contributed by atoms with Gasteiger partial charge in [0.25, 0.3) is 0 Å². The minimum absolute atomic E-state index is 0.111. The van der Waals surface area contributed by atoms with E-state index >= 15 is 0 Å². The van der Waals surface area contributed by atoms with Crippen LogP contribution in [0.4, 0.5) is 5.82 Å². The standard InChI is InChI=1S/C13H18N4O2/c14-13(16-18)9-4-5-15-12(8-9)17-6-7-19-11-3-1-2-10(11)17/h4-5,8,10-11,18H,1-3,6-7H2,(H2,14,16). The second-order valence-corrected chi connectivity index (χ2v) is 4.99. The van der Waals surface area contributed by atoms with Crippen LogP contribution in [0.15, 0.2) is 23.5 Å². The van der Waals surface area contributed by atoms with E-state index < -0.39 is 0 Å². The van der Waals surface area contributed by atoms with Gasteiger partial charge in [-0.25, -0.2) is 4.98 Å². The molecular weight excluding hydrogens is 244 g/mol. The lowest BCUT2D eigenvalue weighted by Gasteiger charge is -2.38. The number of morpholine rings is 1. The molecule has 0 spiro atoms. The first kappa shape index (κ1) is 12.2. The highest BCUT2D eigenvalue weighted by molar-refractivity contribution is 5.97. The van der Waals surface area contributed by atoms with Gasteiger partial charge in [0.2, 0.25) is 0 Å². The molecule has 1 aromatic heterocycles. The molecule has 0 aromatic carbocycles. The smallest absolute Gasteiger partial charge is 0.170 e. The van der Waals surface area contributed by atoms with Crippen molar-refractivity contribution in [3.05, 3.63) is 23.9 Å². The number of oxime groups is 1. The molecular formula is C13H18N4O2. The lowest BCUT2D eigenvalue weighted by Crippen LogP contribution is -2.49. The third-order valence-corrected chi connectivity index (χ3v) is 3.93. The van der Waals surface area contributed by atoms with Crippen molar-refractivity contribution in [2.24, 2.45) is 10.9 Å². The maximum atomic E-state index is 8.75. The van der Waals surface area contributed by atoms with Crippen molar-refractivity contribution in [1.29, 1.82) is 0 Å². The van der Waals surface area contributed by atoms with E-state index in [4.69, 9.17) is 15.7 Å². The summed E-state index contributed by atoms with van der Waals surface area (Å²) in [6.45, 7) is 1.57. The van der Waals surface area contributed by atoms with Crippen LogP contribution in [0.2, 0.25) is 0 Å². The van der Waals surface area contributed by atoms with Crippen molar-refractivity contribution in [2.45, 2.75) is 31.4 Å². The number of ether oxygens (including phenoxy) is 1. The van der Waals surface area contributed by atoms with Crippen LogP contribution in [-0.4, -0.2) is 41.3 Å². The van der Waals surface area contributed by atoms with Gasteiger partial charge in [0, 0.05) is 18.3 Å². The summed E-state index contributed by atoms with van der Waals surface area (Å²) < 4.78 is 5.79. The highest BCUT2D eigenvalue weighted by Crippen LogP contribution is 2.32. The molecule has 102 valence electrons. The predicted molar refractivity (Wildman–Crippen MR) is 71.5 cm³/mol. The molecule has 6 nitrogen and oxygen atoms in total. The minimum Gasteiger partial charge on any atom is -0.409 e. The number of fused-ring (bicyclic) bond motifs is 1. The molecule has 19 heavy (non-hydrogen) atoms. The average molecular weight is 262 g/mol. The largest absolute Gasteiger partial charge is 0.409 e. The molecule has 2 atom stereocenters. The Kier molecular flexibility index (Phi) is 3.25. The average Bonchev–Trinajstić information content (AvgIpc) is 2.94. The Bertz CT molecular complexity index is 491. The molecule has 1 saturated heterocycles. The van der Waals surface area contributed by atoms with E-state index in [1.165, 1.54) is 6.42 Å². The topological polar surface area (TPSA) is 84.0 Å². The Balaban J connectivity index is 1.88. The van der Waals surface area contributed by atoms with Gasteiger partial charge in [0.1, 0.15) is 5.82 Å². The maximum absolute atomic E-state index is 8.75. The highest BCUT2D eigenvalue weighted by Gasteiger charge is 2.36.